The van der Waals surface area contributed by atoms with Gasteiger partial charge in [-0.05, 0) is 45.0 Å². The van der Waals surface area contributed by atoms with Crippen LogP contribution in [0.5, 0.6) is 5.75 Å². The van der Waals surface area contributed by atoms with Crippen molar-refractivity contribution in [2.75, 3.05) is 42.5 Å². The first-order valence-electron chi connectivity index (χ1n) is 8.84. The number of aromatic nitrogens is 2. The van der Waals surface area contributed by atoms with Gasteiger partial charge in [-0.1, -0.05) is 0 Å². The molecule has 0 radical (unpaired) electrons. The average molecular weight is 392 g/mol. The van der Waals surface area contributed by atoms with E-state index in [4.69, 9.17) is 9.47 Å². The standard InChI is InChI=1S/C18H24N4O4S/c1-4-26-15-5-7-16(8-6-15)27(23,24)21-17-13(2)19-18(20-14(17)3)22-9-11-25-12-10-22/h5-8,21H,4,9-12H2,1-3H3. The Balaban J connectivity index is 1.83. The summed E-state index contributed by atoms with van der Waals surface area (Å²) in [4.78, 5) is 11.2. The lowest BCUT2D eigenvalue weighted by atomic mass is 10.3. The molecule has 1 aliphatic rings. The van der Waals surface area contributed by atoms with Crippen LogP contribution in [0.4, 0.5) is 11.6 Å². The Kier molecular flexibility index (Phi) is 5.81. The molecule has 0 unspecified atom stereocenters. The van der Waals surface area contributed by atoms with Gasteiger partial charge in [-0.15, -0.1) is 0 Å². The highest BCUT2D eigenvalue weighted by Crippen LogP contribution is 2.25. The topological polar surface area (TPSA) is 93.7 Å². The number of rotatable bonds is 6. The van der Waals surface area contributed by atoms with E-state index < -0.39 is 10.0 Å². The van der Waals surface area contributed by atoms with Gasteiger partial charge in [0.1, 0.15) is 5.75 Å². The summed E-state index contributed by atoms with van der Waals surface area (Å²) in [7, 11) is -3.75. The largest absolute Gasteiger partial charge is 0.494 e. The molecular weight excluding hydrogens is 368 g/mol. The third-order valence-corrected chi connectivity index (χ3v) is 5.60. The van der Waals surface area contributed by atoms with Crippen LogP contribution in [-0.2, 0) is 14.8 Å². The molecule has 146 valence electrons. The summed E-state index contributed by atoms with van der Waals surface area (Å²) in [6.07, 6.45) is 0. The second kappa shape index (κ2) is 8.10. The summed E-state index contributed by atoms with van der Waals surface area (Å²) in [6, 6.07) is 6.30. The molecule has 1 saturated heterocycles. The van der Waals surface area contributed by atoms with Gasteiger partial charge in [0.15, 0.2) is 0 Å². The van der Waals surface area contributed by atoms with Gasteiger partial charge in [0, 0.05) is 13.1 Å². The number of hydrogen-bond acceptors (Lipinski definition) is 7. The van der Waals surface area contributed by atoms with Crippen LogP contribution in [0.15, 0.2) is 29.2 Å². The minimum Gasteiger partial charge on any atom is -0.494 e. The number of nitrogens with zero attached hydrogens (tertiary/aromatic N) is 3. The maximum Gasteiger partial charge on any atom is 0.262 e. The first kappa shape index (κ1) is 19.4. The van der Waals surface area contributed by atoms with Crippen molar-refractivity contribution in [3.8, 4) is 5.75 Å². The molecule has 3 rings (SSSR count). The van der Waals surface area contributed by atoms with Crippen LogP contribution >= 0.6 is 0 Å². The van der Waals surface area contributed by atoms with Crippen LogP contribution in [0.3, 0.4) is 0 Å². The number of ether oxygens (including phenoxy) is 2. The molecule has 0 amide bonds. The van der Waals surface area contributed by atoms with Crippen LogP contribution in [0, 0.1) is 13.8 Å². The molecule has 0 atom stereocenters. The highest BCUT2D eigenvalue weighted by atomic mass is 32.2. The summed E-state index contributed by atoms with van der Waals surface area (Å²) < 4.78 is 38.8. The zero-order chi connectivity index (χ0) is 19.4. The summed E-state index contributed by atoms with van der Waals surface area (Å²) >= 11 is 0. The lowest BCUT2D eigenvalue weighted by molar-refractivity contribution is 0.122. The molecule has 2 heterocycles. The van der Waals surface area contributed by atoms with Gasteiger partial charge in [0.2, 0.25) is 5.95 Å². The summed E-state index contributed by atoms with van der Waals surface area (Å²) in [6.45, 7) is 8.64. The average Bonchev–Trinajstić information content (AvgIpc) is 2.66. The number of aryl methyl sites for hydroxylation is 2. The third-order valence-electron chi connectivity index (χ3n) is 4.23. The van der Waals surface area contributed by atoms with Gasteiger partial charge in [-0.2, -0.15) is 0 Å². The second-order valence-electron chi connectivity index (χ2n) is 6.18. The molecule has 2 aromatic rings. The normalized spacial score (nSPS) is 14.9. The molecular formula is C18H24N4O4S. The van der Waals surface area contributed by atoms with Crippen molar-refractivity contribution in [1.82, 2.24) is 9.97 Å². The smallest absolute Gasteiger partial charge is 0.262 e. The second-order valence-corrected chi connectivity index (χ2v) is 7.86. The molecule has 27 heavy (non-hydrogen) atoms. The maximum absolute atomic E-state index is 12.7. The Morgan fingerprint density at radius 2 is 1.70 bits per heavy atom. The number of anilines is 2. The maximum atomic E-state index is 12.7. The fourth-order valence-corrected chi connectivity index (χ4v) is 4.00. The van der Waals surface area contributed by atoms with E-state index in [9.17, 15) is 8.42 Å². The number of sulfonamides is 1. The Morgan fingerprint density at radius 3 is 2.26 bits per heavy atom. The first-order chi connectivity index (χ1) is 12.9. The van der Waals surface area contributed by atoms with Crippen molar-refractivity contribution < 1.29 is 17.9 Å². The zero-order valence-electron chi connectivity index (χ0n) is 15.7. The van der Waals surface area contributed by atoms with Crippen molar-refractivity contribution in [3.63, 3.8) is 0 Å². The molecule has 0 bridgehead atoms. The fraction of sp³-hybridized carbons (Fsp3) is 0.444. The minimum absolute atomic E-state index is 0.155. The fourth-order valence-electron chi connectivity index (χ4n) is 2.83. The summed E-state index contributed by atoms with van der Waals surface area (Å²) in [5.41, 5.74) is 1.57. The third kappa shape index (κ3) is 4.48. The SMILES string of the molecule is CCOc1ccc(S(=O)(=O)Nc2c(C)nc(N3CCOCC3)nc2C)cc1. The molecule has 1 aromatic carbocycles. The van der Waals surface area contributed by atoms with Crippen molar-refractivity contribution in [2.24, 2.45) is 0 Å². The molecule has 1 fully saturated rings. The van der Waals surface area contributed by atoms with Gasteiger partial charge in [0.05, 0.1) is 41.8 Å². The lowest BCUT2D eigenvalue weighted by Crippen LogP contribution is -2.37. The Hall–Kier alpha value is -2.39. The monoisotopic (exact) mass is 392 g/mol. The van der Waals surface area contributed by atoms with Gasteiger partial charge < -0.3 is 14.4 Å². The molecule has 0 spiro atoms. The van der Waals surface area contributed by atoms with Crippen LogP contribution < -0.4 is 14.4 Å². The lowest BCUT2D eigenvalue weighted by Gasteiger charge is -2.27. The highest BCUT2D eigenvalue weighted by molar-refractivity contribution is 7.92. The van der Waals surface area contributed by atoms with Crippen LogP contribution in [0.1, 0.15) is 18.3 Å². The number of hydrogen-bond donors (Lipinski definition) is 1. The van der Waals surface area contributed by atoms with Crippen molar-refractivity contribution >= 4 is 21.7 Å². The molecule has 1 N–H and O–H groups in total. The Morgan fingerprint density at radius 1 is 1.11 bits per heavy atom. The van der Waals surface area contributed by atoms with Crippen molar-refractivity contribution in [3.05, 3.63) is 35.7 Å². The predicted molar refractivity (Wildman–Crippen MR) is 103 cm³/mol. The van der Waals surface area contributed by atoms with Crippen molar-refractivity contribution in [2.45, 2.75) is 25.7 Å². The number of benzene rings is 1. The highest BCUT2D eigenvalue weighted by Gasteiger charge is 2.21. The van der Waals surface area contributed by atoms with E-state index in [0.29, 0.717) is 48.6 Å². The predicted octanol–water partition coefficient (Wildman–Crippen LogP) is 2.13. The van der Waals surface area contributed by atoms with Crippen LogP contribution in [-0.4, -0.2) is 51.3 Å². The van der Waals surface area contributed by atoms with E-state index in [1.807, 2.05) is 11.8 Å². The number of nitrogens with one attached hydrogen (secondary N) is 1. The molecule has 9 heteroatoms. The minimum atomic E-state index is -3.75. The quantitative estimate of drug-likeness (QED) is 0.805. The van der Waals surface area contributed by atoms with Crippen LogP contribution in [0.25, 0.3) is 0 Å². The zero-order valence-corrected chi connectivity index (χ0v) is 16.5. The van der Waals surface area contributed by atoms with Crippen LogP contribution in [0.2, 0.25) is 0 Å². The molecule has 8 nitrogen and oxygen atoms in total. The van der Waals surface area contributed by atoms with E-state index in [2.05, 4.69) is 14.7 Å². The van der Waals surface area contributed by atoms with E-state index in [-0.39, 0.29) is 4.90 Å². The van der Waals surface area contributed by atoms with E-state index >= 15 is 0 Å². The van der Waals surface area contributed by atoms with Gasteiger partial charge in [-0.3, -0.25) is 4.72 Å². The Bertz CT molecular complexity index is 871. The summed E-state index contributed by atoms with van der Waals surface area (Å²) in [5.74, 6) is 1.22. The van der Waals surface area contributed by atoms with Crippen molar-refractivity contribution in [1.29, 1.82) is 0 Å². The van der Waals surface area contributed by atoms with E-state index in [0.717, 1.165) is 13.1 Å². The Labute approximate surface area is 159 Å². The first-order valence-corrected chi connectivity index (χ1v) is 10.3. The van der Waals surface area contributed by atoms with E-state index in [1.54, 1.807) is 26.0 Å². The summed E-state index contributed by atoms with van der Waals surface area (Å²) in [5, 5.41) is 0. The number of morpholine rings is 1. The molecule has 0 saturated carbocycles. The van der Waals surface area contributed by atoms with Gasteiger partial charge >= 0.3 is 0 Å². The van der Waals surface area contributed by atoms with Gasteiger partial charge in [-0.25, -0.2) is 18.4 Å². The molecule has 1 aliphatic heterocycles. The molecule has 0 aliphatic carbocycles. The van der Waals surface area contributed by atoms with Gasteiger partial charge in [0.25, 0.3) is 10.0 Å². The van der Waals surface area contributed by atoms with E-state index in [1.165, 1.54) is 12.1 Å². The molecule has 1 aromatic heterocycles.